The number of aliphatic carboxylic acids is 1. The summed E-state index contributed by atoms with van der Waals surface area (Å²) in [7, 11) is 0. The molecule has 0 spiro atoms. The van der Waals surface area contributed by atoms with Gasteiger partial charge < -0.3 is 15.3 Å². The van der Waals surface area contributed by atoms with Gasteiger partial charge in [0.1, 0.15) is 0 Å². The second-order valence-electron chi connectivity index (χ2n) is 5.89. The van der Waals surface area contributed by atoms with Crippen LogP contribution in [0.3, 0.4) is 0 Å². The minimum atomic E-state index is -0.815. The third kappa shape index (κ3) is 3.01. The van der Waals surface area contributed by atoms with Gasteiger partial charge >= 0.3 is 12.0 Å². The zero-order valence-electron chi connectivity index (χ0n) is 12.0. The summed E-state index contributed by atoms with van der Waals surface area (Å²) in [6.45, 7) is 0.923. The van der Waals surface area contributed by atoms with E-state index in [0.717, 1.165) is 24.9 Å². The molecule has 5 nitrogen and oxygen atoms in total. The van der Waals surface area contributed by atoms with Gasteiger partial charge in [-0.3, -0.25) is 4.79 Å². The van der Waals surface area contributed by atoms with Gasteiger partial charge in [0.2, 0.25) is 0 Å². The Hall–Kier alpha value is -2.04. The van der Waals surface area contributed by atoms with E-state index < -0.39 is 11.9 Å². The summed E-state index contributed by atoms with van der Waals surface area (Å²) in [5.74, 6) is -1.26. The first kappa shape index (κ1) is 13.9. The molecule has 0 saturated carbocycles. The van der Waals surface area contributed by atoms with Crippen LogP contribution in [0.15, 0.2) is 18.2 Å². The predicted molar refractivity (Wildman–Crippen MR) is 79.4 cm³/mol. The van der Waals surface area contributed by atoms with Crippen LogP contribution in [0.25, 0.3) is 0 Å². The van der Waals surface area contributed by atoms with E-state index >= 15 is 0 Å². The van der Waals surface area contributed by atoms with Gasteiger partial charge in [0.25, 0.3) is 0 Å². The van der Waals surface area contributed by atoms with Gasteiger partial charge in [-0.15, -0.1) is 0 Å². The molecule has 1 fully saturated rings. The van der Waals surface area contributed by atoms with E-state index in [1.54, 1.807) is 4.90 Å². The van der Waals surface area contributed by atoms with Crippen LogP contribution < -0.4 is 5.32 Å². The number of fused-ring (bicyclic) bond motifs is 1. The number of carboxylic acids is 1. The quantitative estimate of drug-likeness (QED) is 0.878. The van der Waals surface area contributed by atoms with Gasteiger partial charge in [0, 0.05) is 18.8 Å². The van der Waals surface area contributed by atoms with Crippen molar-refractivity contribution in [2.75, 3.05) is 18.4 Å². The lowest BCUT2D eigenvalue weighted by Gasteiger charge is -2.30. The SMILES string of the molecule is O=C(O)[C@H]1CCCN(C(=O)Nc2ccc3c(c2)CCC3)C1. The van der Waals surface area contributed by atoms with Crippen molar-refractivity contribution in [3.8, 4) is 0 Å². The largest absolute Gasteiger partial charge is 0.481 e. The Morgan fingerprint density at radius 2 is 2.00 bits per heavy atom. The summed E-state index contributed by atoms with van der Waals surface area (Å²) < 4.78 is 0. The van der Waals surface area contributed by atoms with Crippen molar-refractivity contribution in [2.45, 2.75) is 32.1 Å². The Balaban J connectivity index is 1.64. The fraction of sp³-hybridized carbons (Fsp3) is 0.500. The van der Waals surface area contributed by atoms with E-state index in [-0.39, 0.29) is 6.03 Å². The van der Waals surface area contributed by atoms with Crippen molar-refractivity contribution >= 4 is 17.7 Å². The van der Waals surface area contributed by atoms with E-state index in [0.29, 0.717) is 19.5 Å². The van der Waals surface area contributed by atoms with Gasteiger partial charge in [0.15, 0.2) is 0 Å². The molecule has 0 unspecified atom stereocenters. The van der Waals surface area contributed by atoms with Gasteiger partial charge in [-0.1, -0.05) is 6.07 Å². The highest BCUT2D eigenvalue weighted by molar-refractivity contribution is 5.90. The van der Waals surface area contributed by atoms with Crippen LogP contribution in [0, 0.1) is 5.92 Å². The number of rotatable bonds is 2. The summed E-state index contributed by atoms with van der Waals surface area (Å²) in [6, 6.07) is 5.85. The molecule has 0 radical (unpaired) electrons. The Kier molecular flexibility index (Phi) is 3.82. The molecule has 5 heteroatoms. The number of urea groups is 1. The normalized spacial score (nSPS) is 21.0. The molecule has 1 saturated heterocycles. The van der Waals surface area contributed by atoms with E-state index in [4.69, 9.17) is 5.11 Å². The Labute approximate surface area is 123 Å². The highest BCUT2D eigenvalue weighted by Gasteiger charge is 2.28. The average Bonchev–Trinajstić information content (AvgIpc) is 2.95. The Bertz CT molecular complexity index is 571. The zero-order chi connectivity index (χ0) is 14.8. The Morgan fingerprint density at radius 1 is 1.19 bits per heavy atom. The number of nitrogens with one attached hydrogen (secondary N) is 1. The van der Waals surface area contributed by atoms with Crippen LogP contribution in [0.4, 0.5) is 10.5 Å². The number of piperidine rings is 1. The lowest BCUT2D eigenvalue weighted by molar-refractivity contribution is -0.143. The summed E-state index contributed by atoms with van der Waals surface area (Å²) in [5, 5.41) is 12.0. The number of benzene rings is 1. The molecule has 1 aliphatic heterocycles. The third-order valence-electron chi connectivity index (χ3n) is 4.41. The van der Waals surface area contributed by atoms with Gasteiger partial charge in [-0.25, -0.2) is 4.79 Å². The van der Waals surface area contributed by atoms with Crippen LogP contribution >= 0.6 is 0 Å². The molecule has 0 aromatic heterocycles. The van der Waals surface area contributed by atoms with Crippen molar-refractivity contribution in [1.29, 1.82) is 0 Å². The van der Waals surface area contributed by atoms with E-state index in [2.05, 4.69) is 11.4 Å². The van der Waals surface area contributed by atoms with Gasteiger partial charge in [-0.05, 0) is 55.4 Å². The van der Waals surface area contributed by atoms with E-state index in [9.17, 15) is 9.59 Å². The number of carbonyl (C=O) groups excluding carboxylic acids is 1. The van der Waals surface area contributed by atoms with Crippen LogP contribution in [0.5, 0.6) is 0 Å². The van der Waals surface area contributed by atoms with Crippen molar-refractivity contribution < 1.29 is 14.7 Å². The third-order valence-corrected chi connectivity index (χ3v) is 4.41. The number of aryl methyl sites for hydroxylation is 2. The maximum Gasteiger partial charge on any atom is 0.321 e. The molecule has 1 atom stereocenters. The molecule has 2 amide bonds. The average molecular weight is 288 g/mol. The summed E-state index contributed by atoms with van der Waals surface area (Å²) in [6.07, 6.45) is 4.77. The lowest BCUT2D eigenvalue weighted by Crippen LogP contribution is -2.44. The maximum absolute atomic E-state index is 12.3. The standard InChI is InChI=1S/C16H20N2O3/c19-15(20)13-5-2-8-18(10-13)16(21)17-14-7-6-11-3-1-4-12(11)9-14/h6-7,9,13H,1-5,8,10H2,(H,17,21)(H,19,20)/t13-/m0/s1. The molecule has 2 N–H and O–H groups in total. The molecule has 3 rings (SSSR count). The number of anilines is 1. The summed E-state index contributed by atoms with van der Waals surface area (Å²) >= 11 is 0. The second-order valence-corrected chi connectivity index (χ2v) is 5.89. The van der Waals surface area contributed by atoms with Crippen LogP contribution in [-0.2, 0) is 17.6 Å². The number of hydrogen-bond acceptors (Lipinski definition) is 2. The number of carbonyl (C=O) groups is 2. The predicted octanol–water partition coefficient (Wildman–Crippen LogP) is 2.50. The minimum Gasteiger partial charge on any atom is -0.481 e. The molecule has 1 aliphatic carbocycles. The number of carboxylic acid groups (broad SMARTS) is 1. The molecule has 1 heterocycles. The monoisotopic (exact) mass is 288 g/mol. The lowest BCUT2D eigenvalue weighted by atomic mass is 9.99. The zero-order valence-corrected chi connectivity index (χ0v) is 12.0. The molecule has 2 aliphatic rings. The minimum absolute atomic E-state index is 0.195. The van der Waals surface area contributed by atoms with Crippen molar-refractivity contribution in [3.63, 3.8) is 0 Å². The molecular formula is C16H20N2O3. The molecule has 1 aromatic carbocycles. The maximum atomic E-state index is 12.3. The fourth-order valence-electron chi connectivity index (χ4n) is 3.22. The molecule has 0 bridgehead atoms. The first-order valence-electron chi connectivity index (χ1n) is 7.54. The number of amides is 2. The Morgan fingerprint density at radius 3 is 2.81 bits per heavy atom. The van der Waals surface area contributed by atoms with E-state index in [1.165, 1.54) is 17.5 Å². The second kappa shape index (κ2) is 5.76. The van der Waals surface area contributed by atoms with Crippen LogP contribution in [0.1, 0.15) is 30.4 Å². The number of likely N-dealkylation sites (tertiary alicyclic amines) is 1. The van der Waals surface area contributed by atoms with Crippen molar-refractivity contribution in [1.82, 2.24) is 4.90 Å². The summed E-state index contributed by atoms with van der Waals surface area (Å²) in [4.78, 5) is 24.9. The highest BCUT2D eigenvalue weighted by Crippen LogP contribution is 2.25. The highest BCUT2D eigenvalue weighted by atomic mass is 16.4. The molecular weight excluding hydrogens is 268 g/mol. The molecule has 112 valence electrons. The number of hydrogen-bond donors (Lipinski definition) is 2. The van der Waals surface area contributed by atoms with Gasteiger partial charge in [-0.2, -0.15) is 0 Å². The van der Waals surface area contributed by atoms with E-state index in [1.807, 2.05) is 12.1 Å². The number of nitrogens with zero attached hydrogens (tertiary/aromatic N) is 1. The topological polar surface area (TPSA) is 69.6 Å². The summed E-state index contributed by atoms with van der Waals surface area (Å²) in [5.41, 5.74) is 3.49. The van der Waals surface area contributed by atoms with Crippen molar-refractivity contribution in [3.05, 3.63) is 29.3 Å². The molecule has 21 heavy (non-hydrogen) atoms. The first-order chi connectivity index (χ1) is 10.1. The van der Waals surface area contributed by atoms with Crippen molar-refractivity contribution in [2.24, 2.45) is 5.92 Å². The first-order valence-corrected chi connectivity index (χ1v) is 7.54. The van der Waals surface area contributed by atoms with Crippen LogP contribution in [0.2, 0.25) is 0 Å². The fourth-order valence-corrected chi connectivity index (χ4v) is 3.22. The van der Waals surface area contributed by atoms with Crippen LogP contribution in [-0.4, -0.2) is 35.1 Å². The molecule has 1 aromatic rings. The smallest absolute Gasteiger partial charge is 0.321 e. The van der Waals surface area contributed by atoms with Gasteiger partial charge in [0.05, 0.1) is 5.92 Å².